The molecule has 2 atom stereocenters. The first-order valence-electron chi connectivity index (χ1n) is 5.86. The first kappa shape index (κ1) is 14.1. The fourth-order valence-electron chi connectivity index (χ4n) is 1.70. The van der Waals surface area contributed by atoms with Crippen LogP contribution in [0.1, 0.15) is 31.9 Å². The molecule has 4 heteroatoms. The molecule has 0 saturated carbocycles. The number of likely N-dealkylation sites (N-methyl/N-ethyl adjacent to an activating group) is 1. The smallest absolute Gasteiger partial charge is 0.130 e. The van der Waals surface area contributed by atoms with Crippen molar-refractivity contribution in [2.75, 3.05) is 13.6 Å². The molecule has 2 unspecified atom stereocenters. The molecular formula is C13H20F2N2. The van der Waals surface area contributed by atoms with Gasteiger partial charge in [-0.15, -0.1) is 0 Å². The Morgan fingerprint density at radius 1 is 1.35 bits per heavy atom. The fraction of sp³-hybridized carbons (Fsp3) is 0.538. The maximum atomic E-state index is 13.5. The van der Waals surface area contributed by atoms with E-state index in [9.17, 15) is 8.78 Å². The van der Waals surface area contributed by atoms with E-state index in [1.807, 2.05) is 7.05 Å². The maximum absolute atomic E-state index is 13.5. The number of nitrogens with zero attached hydrogens (tertiary/aromatic N) is 1. The van der Waals surface area contributed by atoms with Gasteiger partial charge in [-0.25, -0.2) is 8.78 Å². The van der Waals surface area contributed by atoms with Crippen molar-refractivity contribution in [2.24, 2.45) is 5.73 Å². The van der Waals surface area contributed by atoms with Gasteiger partial charge in [0, 0.05) is 30.3 Å². The van der Waals surface area contributed by atoms with Crippen molar-refractivity contribution in [3.63, 3.8) is 0 Å². The Bertz CT molecular complexity index is 368. The Kier molecular flexibility index (Phi) is 5.02. The van der Waals surface area contributed by atoms with Crippen LogP contribution in [0.2, 0.25) is 0 Å². The van der Waals surface area contributed by atoms with Gasteiger partial charge in [-0.2, -0.15) is 0 Å². The predicted octanol–water partition coefficient (Wildman–Crippen LogP) is 2.69. The number of nitrogens with two attached hydrogens (primary N) is 1. The monoisotopic (exact) mass is 242 g/mol. The third kappa shape index (κ3) is 3.75. The molecule has 0 radical (unpaired) electrons. The van der Waals surface area contributed by atoms with Gasteiger partial charge in [-0.05, 0) is 26.5 Å². The van der Waals surface area contributed by atoms with Crippen LogP contribution in [0.5, 0.6) is 0 Å². The Balaban J connectivity index is 2.72. The lowest BCUT2D eigenvalue weighted by Crippen LogP contribution is -2.35. The minimum atomic E-state index is -0.575. The Labute approximate surface area is 101 Å². The summed E-state index contributed by atoms with van der Waals surface area (Å²) in [5.74, 6) is -1.15. The van der Waals surface area contributed by atoms with Crippen molar-refractivity contribution in [3.8, 4) is 0 Å². The second-order valence-electron chi connectivity index (χ2n) is 4.47. The molecule has 0 aliphatic rings. The summed E-state index contributed by atoms with van der Waals surface area (Å²) < 4.78 is 26.3. The topological polar surface area (TPSA) is 29.3 Å². The Morgan fingerprint density at radius 2 is 2.00 bits per heavy atom. The highest BCUT2D eigenvalue weighted by molar-refractivity contribution is 5.22. The molecule has 0 amide bonds. The van der Waals surface area contributed by atoms with E-state index in [0.717, 1.165) is 12.5 Å². The third-order valence-electron chi connectivity index (χ3n) is 3.19. The number of hydrogen-bond donors (Lipinski definition) is 1. The summed E-state index contributed by atoms with van der Waals surface area (Å²) in [5, 5.41) is 0. The molecule has 17 heavy (non-hydrogen) atoms. The summed E-state index contributed by atoms with van der Waals surface area (Å²) in [6.45, 7) is 4.73. The van der Waals surface area contributed by atoms with E-state index in [1.165, 1.54) is 12.1 Å². The number of halogens is 2. The van der Waals surface area contributed by atoms with E-state index >= 15 is 0 Å². The van der Waals surface area contributed by atoms with Crippen LogP contribution in [0.15, 0.2) is 18.2 Å². The first-order chi connectivity index (χ1) is 7.95. The molecule has 96 valence electrons. The molecule has 1 aromatic rings. The van der Waals surface area contributed by atoms with E-state index in [4.69, 9.17) is 5.73 Å². The number of hydrogen-bond acceptors (Lipinski definition) is 2. The van der Waals surface area contributed by atoms with Gasteiger partial charge in [0.05, 0.1) is 0 Å². The SMILES string of the molecule is CCC(C)N(C)CC(N)c1ccc(F)cc1F. The second kappa shape index (κ2) is 6.07. The van der Waals surface area contributed by atoms with Crippen LogP contribution in [0.4, 0.5) is 8.78 Å². The molecular weight excluding hydrogens is 222 g/mol. The van der Waals surface area contributed by atoms with E-state index in [2.05, 4.69) is 18.7 Å². The summed E-state index contributed by atoms with van der Waals surface area (Å²) in [6, 6.07) is 3.49. The van der Waals surface area contributed by atoms with Gasteiger partial charge in [0.25, 0.3) is 0 Å². The van der Waals surface area contributed by atoms with Crippen molar-refractivity contribution in [1.82, 2.24) is 4.90 Å². The van der Waals surface area contributed by atoms with Crippen molar-refractivity contribution in [2.45, 2.75) is 32.4 Å². The van der Waals surface area contributed by atoms with Gasteiger partial charge < -0.3 is 10.6 Å². The highest BCUT2D eigenvalue weighted by atomic mass is 19.1. The summed E-state index contributed by atoms with van der Waals surface area (Å²) in [7, 11) is 1.95. The van der Waals surface area contributed by atoms with Crippen molar-refractivity contribution >= 4 is 0 Å². The van der Waals surface area contributed by atoms with E-state index in [1.54, 1.807) is 0 Å². The van der Waals surface area contributed by atoms with Gasteiger partial charge >= 0.3 is 0 Å². The number of rotatable bonds is 5. The zero-order valence-electron chi connectivity index (χ0n) is 10.6. The lowest BCUT2D eigenvalue weighted by molar-refractivity contribution is 0.236. The lowest BCUT2D eigenvalue weighted by Gasteiger charge is -2.26. The minimum Gasteiger partial charge on any atom is -0.323 e. The van der Waals surface area contributed by atoms with Crippen LogP contribution in [0.25, 0.3) is 0 Å². The van der Waals surface area contributed by atoms with Crippen molar-refractivity contribution in [3.05, 3.63) is 35.4 Å². The summed E-state index contributed by atoms with van der Waals surface area (Å²) >= 11 is 0. The number of benzene rings is 1. The quantitative estimate of drug-likeness (QED) is 0.860. The molecule has 2 nitrogen and oxygen atoms in total. The van der Waals surface area contributed by atoms with Crippen LogP contribution in [0, 0.1) is 11.6 Å². The van der Waals surface area contributed by atoms with Crippen LogP contribution in [-0.2, 0) is 0 Å². The van der Waals surface area contributed by atoms with Crippen LogP contribution in [0.3, 0.4) is 0 Å². The molecule has 0 heterocycles. The average molecular weight is 242 g/mol. The van der Waals surface area contributed by atoms with E-state index in [0.29, 0.717) is 18.2 Å². The summed E-state index contributed by atoms with van der Waals surface area (Å²) in [5.41, 5.74) is 6.30. The molecule has 0 aromatic heterocycles. The normalized spacial score (nSPS) is 15.0. The first-order valence-corrected chi connectivity index (χ1v) is 5.86. The van der Waals surface area contributed by atoms with Crippen molar-refractivity contribution in [1.29, 1.82) is 0 Å². The fourth-order valence-corrected chi connectivity index (χ4v) is 1.70. The molecule has 0 aliphatic carbocycles. The van der Waals surface area contributed by atoms with Crippen LogP contribution < -0.4 is 5.73 Å². The van der Waals surface area contributed by atoms with E-state index < -0.39 is 17.7 Å². The summed E-state index contributed by atoms with van der Waals surface area (Å²) in [6.07, 6.45) is 1.01. The van der Waals surface area contributed by atoms with Gasteiger partial charge in [0.2, 0.25) is 0 Å². The molecule has 2 N–H and O–H groups in total. The van der Waals surface area contributed by atoms with Gasteiger partial charge in [0.15, 0.2) is 0 Å². The highest BCUT2D eigenvalue weighted by Gasteiger charge is 2.16. The predicted molar refractivity (Wildman–Crippen MR) is 65.7 cm³/mol. The van der Waals surface area contributed by atoms with Gasteiger partial charge in [-0.1, -0.05) is 13.0 Å². The van der Waals surface area contributed by atoms with Crippen LogP contribution in [-0.4, -0.2) is 24.5 Å². The molecule has 0 aliphatic heterocycles. The zero-order valence-corrected chi connectivity index (χ0v) is 10.6. The molecule has 0 fully saturated rings. The third-order valence-corrected chi connectivity index (χ3v) is 3.19. The largest absolute Gasteiger partial charge is 0.323 e. The summed E-state index contributed by atoms with van der Waals surface area (Å²) in [4.78, 5) is 2.08. The van der Waals surface area contributed by atoms with Gasteiger partial charge in [-0.3, -0.25) is 0 Å². The van der Waals surface area contributed by atoms with Gasteiger partial charge in [0.1, 0.15) is 11.6 Å². The molecule has 0 spiro atoms. The maximum Gasteiger partial charge on any atom is 0.130 e. The molecule has 1 aromatic carbocycles. The van der Waals surface area contributed by atoms with Crippen LogP contribution >= 0.6 is 0 Å². The average Bonchev–Trinajstić information content (AvgIpc) is 2.27. The Morgan fingerprint density at radius 3 is 2.53 bits per heavy atom. The molecule has 0 saturated heterocycles. The highest BCUT2D eigenvalue weighted by Crippen LogP contribution is 2.17. The van der Waals surface area contributed by atoms with E-state index in [-0.39, 0.29) is 0 Å². The minimum absolute atomic E-state index is 0.363. The zero-order chi connectivity index (χ0) is 13.0. The lowest BCUT2D eigenvalue weighted by atomic mass is 10.1. The Hall–Kier alpha value is -1.00. The standard InChI is InChI=1S/C13H20F2N2/c1-4-9(2)17(3)8-13(16)11-6-5-10(14)7-12(11)15/h5-7,9,13H,4,8,16H2,1-3H3. The molecule has 0 bridgehead atoms. The second-order valence-corrected chi connectivity index (χ2v) is 4.47. The van der Waals surface area contributed by atoms with Crippen molar-refractivity contribution < 1.29 is 8.78 Å². The molecule has 1 rings (SSSR count).